The fraction of sp³-hybridized carbons (Fsp3) is 0.227. The van der Waals surface area contributed by atoms with E-state index in [0.717, 1.165) is 37.2 Å². The molecule has 2 heterocycles. The smallest absolute Gasteiger partial charge is 0.272 e. The van der Waals surface area contributed by atoms with Gasteiger partial charge in [-0.3, -0.25) is 9.69 Å². The summed E-state index contributed by atoms with van der Waals surface area (Å²) in [6.07, 6.45) is 0. The van der Waals surface area contributed by atoms with E-state index in [1.54, 1.807) is 16.2 Å². The molecule has 0 aliphatic carbocycles. The van der Waals surface area contributed by atoms with Crippen LogP contribution in [0.3, 0.4) is 0 Å². The first-order chi connectivity index (χ1) is 13.4. The maximum absolute atomic E-state index is 13.5. The number of hydrogen-bond acceptors (Lipinski definition) is 5. The van der Waals surface area contributed by atoms with E-state index in [1.165, 1.54) is 16.9 Å². The van der Waals surface area contributed by atoms with Gasteiger partial charge in [0, 0.05) is 0 Å². The summed E-state index contributed by atoms with van der Waals surface area (Å²) >= 11 is 3.01. The van der Waals surface area contributed by atoms with Gasteiger partial charge >= 0.3 is 0 Å². The van der Waals surface area contributed by atoms with Gasteiger partial charge in [0.2, 0.25) is 0 Å². The molecule has 0 fully saturated rings. The van der Waals surface area contributed by atoms with Crippen LogP contribution in [0.4, 0.5) is 5.13 Å². The predicted molar refractivity (Wildman–Crippen MR) is 118 cm³/mol. The maximum Gasteiger partial charge on any atom is 0.272 e. The summed E-state index contributed by atoms with van der Waals surface area (Å²) in [7, 11) is 0. The van der Waals surface area contributed by atoms with Gasteiger partial charge in [-0.05, 0) is 50.5 Å². The minimum Gasteiger partial charge on any atom is -0.279 e. The van der Waals surface area contributed by atoms with Crippen molar-refractivity contribution in [1.29, 1.82) is 0 Å². The first-order valence-electron chi connectivity index (χ1n) is 9.10. The second-order valence-corrected chi connectivity index (χ2v) is 9.16. The molecule has 0 aliphatic heterocycles. The van der Waals surface area contributed by atoms with Gasteiger partial charge in [-0.2, -0.15) is 0 Å². The monoisotopic (exact) mass is 407 g/mol. The molecule has 2 aromatic heterocycles. The van der Waals surface area contributed by atoms with Crippen LogP contribution >= 0.6 is 22.7 Å². The number of rotatable bonds is 4. The largest absolute Gasteiger partial charge is 0.279 e. The van der Waals surface area contributed by atoms with Crippen molar-refractivity contribution in [2.45, 2.75) is 34.2 Å². The number of benzene rings is 2. The number of thiazole rings is 2. The molecule has 0 atom stereocenters. The molecule has 1 amide bonds. The third-order valence-electron chi connectivity index (χ3n) is 4.58. The topological polar surface area (TPSA) is 46.1 Å². The number of aryl methyl sites for hydroxylation is 4. The number of amides is 1. The average molecular weight is 408 g/mol. The Hall–Kier alpha value is -2.57. The number of carbonyl (C=O) groups is 1. The van der Waals surface area contributed by atoms with Crippen LogP contribution in [0, 0.1) is 27.7 Å². The molecule has 6 heteroatoms. The lowest BCUT2D eigenvalue weighted by Gasteiger charge is -2.19. The van der Waals surface area contributed by atoms with Gasteiger partial charge in [-0.25, -0.2) is 9.97 Å². The van der Waals surface area contributed by atoms with Crippen LogP contribution in [-0.4, -0.2) is 15.9 Å². The third kappa shape index (κ3) is 3.57. The summed E-state index contributed by atoms with van der Waals surface area (Å²) in [5.74, 6) is -0.0413. The lowest BCUT2D eigenvalue weighted by atomic mass is 10.1. The Bertz CT molecular complexity index is 1160. The molecule has 0 bridgehead atoms. The molecule has 4 aromatic rings. The Kier molecular flexibility index (Phi) is 5.00. The quantitative estimate of drug-likeness (QED) is 0.427. The molecule has 28 heavy (non-hydrogen) atoms. The number of fused-ring (bicyclic) bond motifs is 1. The van der Waals surface area contributed by atoms with Crippen LogP contribution in [-0.2, 0) is 6.54 Å². The minimum absolute atomic E-state index is 0.0413. The molecule has 0 saturated carbocycles. The van der Waals surface area contributed by atoms with E-state index >= 15 is 0 Å². The van der Waals surface area contributed by atoms with Gasteiger partial charge < -0.3 is 0 Å². The van der Waals surface area contributed by atoms with Crippen LogP contribution in [0.2, 0.25) is 0 Å². The predicted octanol–water partition coefficient (Wildman–Crippen LogP) is 5.83. The van der Waals surface area contributed by atoms with Crippen molar-refractivity contribution < 1.29 is 4.79 Å². The van der Waals surface area contributed by atoms with Crippen LogP contribution in [0.5, 0.6) is 0 Å². The van der Waals surface area contributed by atoms with Gasteiger partial charge in [0.15, 0.2) is 5.13 Å². The Morgan fingerprint density at radius 3 is 2.43 bits per heavy atom. The Morgan fingerprint density at radius 2 is 1.75 bits per heavy atom. The second kappa shape index (κ2) is 7.45. The standard InChI is InChI=1S/C22H21N3OS2/c1-13-10-14(2)19-18(11-13)28-22(24-19)25(12-17-8-6-5-7-9-17)21(26)20-15(3)23-16(4)27-20/h5-11H,12H2,1-4H3. The molecule has 0 unspecified atom stereocenters. The highest BCUT2D eigenvalue weighted by Gasteiger charge is 2.25. The summed E-state index contributed by atoms with van der Waals surface area (Å²) < 4.78 is 1.11. The number of carbonyl (C=O) groups excluding carboxylic acids is 1. The maximum atomic E-state index is 13.5. The highest BCUT2D eigenvalue weighted by Crippen LogP contribution is 2.34. The van der Waals surface area contributed by atoms with Crippen LogP contribution in [0.15, 0.2) is 42.5 Å². The molecule has 2 aromatic carbocycles. The van der Waals surface area contributed by atoms with E-state index in [9.17, 15) is 4.79 Å². The second-order valence-electron chi connectivity index (χ2n) is 6.95. The number of anilines is 1. The summed E-state index contributed by atoms with van der Waals surface area (Å²) in [4.78, 5) is 25.2. The van der Waals surface area contributed by atoms with E-state index in [-0.39, 0.29) is 5.91 Å². The first-order valence-corrected chi connectivity index (χ1v) is 10.7. The Labute approximate surface area is 172 Å². The number of nitrogens with zero attached hydrogens (tertiary/aromatic N) is 3. The van der Waals surface area contributed by atoms with Crippen molar-refractivity contribution in [2.24, 2.45) is 0 Å². The Morgan fingerprint density at radius 1 is 1.00 bits per heavy atom. The molecule has 4 nitrogen and oxygen atoms in total. The van der Waals surface area contributed by atoms with E-state index in [2.05, 4.69) is 31.0 Å². The zero-order valence-electron chi connectivity index (χ0n) is 16.3. The van der Waals surface area contributed by atoms with Crippen LogP contribution in [0.25, 0.3) is 10.2 Å². The SMILES string of the molecule is Cc1cc(C)c2nc(N(Cc3ccccc3)C(=O)c3sc(C)nc3C)sc2c1. The summed E-state index contributed by atoms with van der Waals surface area (Å²) in [5, 5.41) is 1.62. The van der Waals surface area contributed by atoms with Crippen molar-refractivity contribution in [1.82, 2.24) is 9.97 Å². The fourth-order valence-electron chi connectivity index (χ4n) is 3.32. The summed E-state index contributed by atoms with van der Waals surface area (Å²) in [6.45, 7) is 8.46. The molecule has 0 saturated heterocycles. The van der Waals surface area contributed by atoms with E-state index in [1.807, 2.05) is 44.2 Å². The Balaban J connectivity index is 1.82. The summed E-state index contributed by atoms with van der Waals surface area (Å²) in [6, 6.07) is 14.3. The van der Waals surface area contributed by atoms with Crippen LogP contribution < -0.4 is 4.90 Å². The molecule has 142 valence electrons. The van der Waals surface area contributed by atoms with Crippen molar-refractivity contribution >= 4 is 43.9 Å². The van der Waals surface area contributed by atoms with Gasteiger partial charge in [0.25, 0.3) is 5.91 Å². The molecular formula is C22H21N3OS2. The molecule has 0 radical (unpaired) electrons. The fourth-order valence-corrected chi connectivity index (χ4v) is 5.33. The van der Waals surface area contributed by atoms with Crippen molar-refractivity contribution in [3.05, 3.63) is 74.7 Å². The lowest BCUT2D eigenvalue weighted by molar-refractivity contribution is 0.0988. The molecular weight excluding hydrogens is 386 g/mol. The average Bonchev–Trinajstić information content (AvgIpc) is 3.22. The molecule has 0 aliphatic rings. The molecule has 0 spiro atoms. The zero-order valence-corrected chi connectivity index (χ0v) is 17.9. The highest BCUT2D eigenvalue weighted by molar-refractivity contribution is 7.22. The van der Waals surface area contributed by atoms with Crippen molar-refractivity contribution in [2.75, 3.05) is 4.90 Å². The lowest BCUT2D eigenvalue weighted by Crippen LogP contribution is -2.30. The summed E-state index contributed by atoms with van der Waals surface area (Å²) in [5.41, 5.74) is 5.15. The third-order valence-corrected chi connectivity index (χ3v) is 6.66. The molecule has 0 N–H and O–H groups in total. The zero-order chi connectivity index (χ0) is 19.8. The van der Waals surface area contributed by atoms with Crippen LogP contribution in [0.1, 0.15) is 37.1 Å². The number of hydrogen-bond donors (Lipinski definition) is 0. The van der Waals surface area contributed by atoms with Gasteiger partial charge in [0.05, 0.1) is 27.5 Å². The van der Waals surface area contributed by atoms with E-state index < -0.39 is 0 Å². The minimum atomic E-state index is -0.0413. The van der Waals surface area contributed by atoms with Crippen molar-refractivity contribution in [3.63, 3.8) is 0 Å². The number of aromatic nitrogens is 2. The van der Waals surface area contributed by atoms with Gasteiger partial charge in [-0.1, -0.05) is 47.7 Å². The first kappa shape index (κ1) is 18.8. The van der Waals surface area contributed by atoms with Gasteiger partial charge in [-0.15, -0.1) is 11.3 Å². The van der Waals surface area contributed by atoms with E-state index in [4.69, 9.17) is 4.98 Å². The van der Waals surface area contributed by atoms with E-state index in [0.29, 0.717) is 11.4 Å². The van der Waals surface area contributed by atoms with Gasteiger partial charge in [0.1, 0.15) is 4.88 Å². The highest BCUT2D eigenvalue weighted by atomic mass is 32.1. The van der Waals surface area contributed by atoms with Crippen molar-refractivity contribution in [3.8, 4) is 0 Å². The molecule has 4 rings (SSSR count). The normalized spacial score (nSPS) is 11.1.